The second-order valence-corrected chi connectivity index (χ2v) is 7.35. The van der Waals surface area contributed by atoms with Crippen LogP contribution in [0.5, 0.6) is 0 Å². The molecule has 1 atom stereocenters. The van der Waals surface area contributed by atoms with E-state index in [0.29, 0.717) is 17.6 Å². The van der Waals surface area contributed by atoms with Gasteiger partial charge < -0.3 is 15.4 Å². The molecule has 0 aliphatic heterocycles. The number of carbonyl (C=O) groups excluding carboxylic acids is 1. The Morgan fingerprint density at radius 3 is 2.65 bits per heavy atom. The van der Waals surface area contributed by atoms with Crippen LogP contribution in [-0.2, 0) is 11.3 Å². The molecule has 0 aliphatic rings. The first-order valence-corrected chi connectivity index (χ1v) is 8.64. The maximum atomic E-state index is 13.2. The van der Waals surface area contributed by atoms with E-state index in [1.165, 1.54) is 6.07 Å². The summed E-state index contributed by atoms with van der Waals surface area (Å²) in [6.07, 6.45) is 1.52. The lowest BCUT2D eigenvalue weighted by molar-refractivity contribution is 0.0521. The van der Waals surface area contributed by atoms with Crippen molar-refractivity contribution in [3.63, 3.8) is 0 Å². The van der Waals surface area contributed by atoms with E-state index in [1.54, 1.807) is 12.1 Å². The van der Waals surface area contributed by atoms with Crippen LogP contribution in [0.4, 0.5) is 9.18 Å². The minimum Gasteiger partial charge on any atom is -0.444 e. The number of rotatable bonds is 7. The van der Waals surface area contributed by atoms with E-state index in [2.05, 4.69) is 33.5 Å². The van der Waals surface area contributed by atoms with Crippen molar-refractivity contribution in [2.24, 2.45) is 0 Å². The van der Waals surface area contributed by atoms with Crippen molar-refractivity contribution in [1.29, 1.82) is 0 Å². The van der Waals surface area contributed by atoms with Crippen molar-refractivity contribution >= 4 is 22.0 Å². The van der Waals surface area contributed by atoms with Gasteiger partial charge in [-0.2, -0.15) is 0 Å². The molecular weight excluding hydrogens is 363 g/mol. The lowest BCUT2D eigenvalue weighted by Crippen LogP contribution is -2.42. The van der Waals surface area contributed by atoms with Crippen LogP contribution in [0.3, 0.4) is 0 Å². The van der Waals surface area contributed by atoms with Crippen LogP contribution < -0.4 is 10.6 Å². The topological polar surface area (TPSA) is 50.4 Å². The summed E-state index contributed by atoms with van der Waals surface area (Å²) in [5.41, 5.74) is 0.481. The van der Waals surface area contributed by atoms with Crippen molar-refractivity contribution in [1.82, 2.24) is 10.6 Å². The fraction of sp³-hybridized carbons (Fsp3) is 0.588. The molecule has 0 aliphatic carbocycles. The molecule has 1 unspecified atom stereocenters. The molecule has 1 amide bonds. The van der Waals surface area contributed by atoms with Gasteiger partial charge in [-0.15, -0.1) is 0 Å². The molecule has 0 radical (unpaired) electrons. The van der Waals surface area contributed by atoms with Gasteiger partial charge in [0.2, 0.25) is 0 Å². The third-order valence-electron chi connectivity index (χ3n) is 3.11. The molecule has 6 heteroatoms. The first kappa shape index (κ1) is 19.9. The number of benzene rings is 1. The first-order valence-electron chi connectivity index (χ1n) is 7.85. The monoisotopic (exact) mass is 388 g/mol. The molecule has 0 saturated carbocycles. The summed E-state index contributed by atoms with van der Waals surface area (Å²) in [5, 5.41) is 6.18. The van der Waals surface area contributed by atoms with Gasteiger partial charge in [-0.25, -0.2) is 9.18 Å². The number of carbonyl (C=O) groups is 1. The fourth-order valence-corrected chi connectivity index (χ4v) is 2.48. The Morgan fingerprint density at radius 2 is 2.09 bits per heavy atom. The minimum absolute atomic E-state index is 0.136. The van der Waals surface area contributed by atoms with E-state index in [4.69, 9.17) is 4.74 Å². The third kappa shape index (κ3) is 8.32. The highest BCUT2D eigenvalue weighted by atomic mass is 79.9. The number of halogens is 2. The van der Waals surface area contributed by atoms with Crippen molar-refractivity contribution in [3.8, 4) is 0 Å². The summed E-state index contributed by atoms with van der Waals surface area (Å²) in [5.74, 6) is -0.273. The van der Waals surface area contributed by atoms with E-state index in [0.717, 1.165) is 18.4 Å². The van der Waals surface area contributed by atoms with Crippen LogP contribution in [-0.4, -0.2) is 24.3 Å². The van der Waals surface area contributed by atoms with Gasteiger partial charge in [-0.05, 0) is 60.8 Å². The summed E-state index contributed by atoms with van der Waals surface area (Å²) < 4.78 is 18.9. The molecule has 4 nitrogen and oxygen atoms in total. The molecule has 2 N–H and O–H groups in total. The quantitative estimate of drug-likeness (QED) is 0.728. The van der Waals surface area contributed by atoms with Gasteiger partial charge in [-0.3, -0.25) is 0 Å². The molecule has 0 aromatic heterocycles. The summed E-state index contributed by atoms with van der Waals surface area (Å²) >= 11 is 3.19. The highest BCUT2D eigenvalue weighted by molar-refractivity contribution is 9.10. The standard InChI is InChI=1S/C17H26BrFN2O2/c1-5-6-13(11-21-16(22)23-17(2,3)4)20-10-12-7-8-15(19)14(18)9-12/h7-9,13,20H,5-6,10-11H2,1-4H3,(H,21,22). The number of hydrogen-bond donors (Lipinski definition) is 2. The molecular formula is C17H26BrFN2O2. The Bertz CT molecular complexity index is 518. The number of ether oxygens (including phenoxy) is 1. The molecule has 0 heterocycles. The molecule has 0 spiro atoms. The summed E-state index contributed by atoms with van der Waals surface area (Å²) in [6.45, 7) is 8.70. The Morgan fingerprint density at radius 1 is 1.39 bits per heavy atom. The summed E-state index contributed by atoms with van der Waals surface area (Å²) in [6, 6.07) is 5.08. The Balaban J connectivity index is 2.48. The van der Waals surface area contributed by atoms with E-state index >= 15 is 0 Å². The summed E-state index contributed by atoms with van der Waals surface area (Å²) in [4.78, 5) is 11.7. The molecule has 0 fully saturated rings. The zero-order valence-electron chi connectivity index (χ0n) is 14.2. The molecule has 23 heavy (non-hydrogen) atoms. The summed E-state index contributed by atoms with van der Waals surface area (Å²) in [7, 11) is 0. The van der Waals surface area contributed by atoms with E-state index in [1.807, 2.05) is 20.8 Å². The second-order valence-electron chi connectivity index (χ2n) is 6.50. The normalized spacial score (nSPS) is 12.8. The van der Waals surface area contributed by atoms with Crippen LogP contribution >= 0.6 is 15.9 Å². The predicted octanol–water partition coefficient (Wildman–Crippen LogP) is 4.37. The van der Waals surface area contributed by atoms with Crippen LogP contribution in [0.1, 0.15) is 46.1 Å². The molecule has 1 aromatic rings. The Kier molecular flexibility index (Phi) is 7.99. The van der Waals surface area contributed by atoms with E-state index < -0.39 is 11.7 Å². The van der Waals surface area contributed by atoms with Gasteiger partial charge in [-0.1, -0.05) is 19.4 Å². The SMILES string of the molecule is CCCC(CNC(=O)OC(C)(C)C)NCc1ccc(F)c(Br)c1. The molecule has 130 valence electrons. The second kappa shape index (κ2) is 9.23. The van der Waals surface area contributed by atoms with Crippen molar-refractivity contribution in [2.45, 2.75) is 58.7 Å². The van der Waals surface area contributed by atoms with E-state index in [9.17, 15) is 9.18 Å². The highest BCUT2D eigenvalue weighted by Gasteiger charge is 2.17. The third-order valence-corrected chi connectivity index (χ3v) is 3.72. The fourth-order valence-electron chi connectivity index (χ4n) is 2.06. The Hall–Kier alpha value is -1.14. The van der Waals surface area contributed by atoms with Crippen LogP contribution in [0.15, 0.2) is 22.7 Å². The lowest BCUT2D eigenvalue weighted by Gasteiger charge is -2.22. The average molecular weight is 389 g/mol. The van der Waals surface area contributed by atoms with Crippen LogP contribution in [0.25, 0.3) is 0 Å². The smallest absolute Gasteiger partial charge is 0.407 e. The highest BCUT2D eigenvalue weighted by Crippen LogP contribution is 2.17. The number of hydrogen-bond acceptors (Lipinski definition) is 3. The van der Waals surface area contributed by atoms with Crippen molar-refractivity contribution in [2.75, 3.05) is 6.54 Å². The van der Waals surface area contributed by atoms with Crippen molar-refractivity contribution in [3.05, 3.63) is 34.1 Å². The molecule has 1 rings (SSSR count). The maximum Gasteiger partial charge on any atom is 0.407 e. The van der Waals surface area contributed by atoms with Crippen LogP contribution in [0.2, 0.25) is 0 Å². The van der Waals surface area contributed by atoms with Crippen LogP contribution in [0, 0.1) is 5.82 Å². The van der Waals surface area contributed by atoms with Crippen molar-refractivity contribution < 1.29 is 13.9 Å². The zero-order valence-corrected chi connectivity index (χ0v) is 15.8. The zero-order chi connectivity index (χ0) is 17.5. The first-order chi connectivity index (χ1) is 10.7. The number of amides is 1. The lowest BCUT2D eigenvalue weighted by atomic mass is 10.1. The number of nitrogens with one attached hydrogen (secondary N) is 2. The van der Waals surface area contributed by atoms with Gasteiger partial charge in [0.15, 0.2) is 0 Å². The van der Waals surface area contributed by atoms with E-state index in [-0.39, 0.29) is 11.9 Å². The van der Waals surface area contributed by atoms with Gasteiger partial charge in [0.1, 0.15) is 11.4 Å². The van der Waals surface area contributed by atoms with Gasteiger partial charge >= 0.3 is 6.09 Å². The van der Waals surface area contributed by atoms with Gasteiger partial charge in [0.05, 0.1) is 4.47 Å². The molecule has 0 bridgehead atoms. The van der Waals surface area contributed by atoms with Gasteiger partial charge in [0.25, 0.3) is 0 Å². The average Bonchev–Trinajstić information content (AvgIpc) is 2.43. The molecule has 1 aromatic carbocycles. The predicted molar refractivity (Wildman–Crippen MR) is 93.9 cm³/mol. The van der Waals surface area contributed by atoms with Gasteiger partial charge in [0, 0.05) is 19.1 Å². The minimum atomic E-state index is -0.502. The maximum absolute atomic E-state index is 13.2. The molecule has 0 saturated heterocycles. The largest absolute Gasteiger partial charge is 0.444 e. The number of alkyl carbamates (subject to hydrolysis) is 1. The Labute approximate surface area is 146 Å².